The molecule has 2 heteroatoms. The van der Waals surface area contributed by atoms with E-state index >= 15 is 0 Å². The Hall–Kier alpha value is -7.42. The van der Waals surface area contributed by atoms with E-state index in [-0.39, 0.29) is 5.41 Å². The Bertz CT molecular complexity index is 3060. The maximum absolute atomic E-state index is 6.70. The molecule has 0 aromatic heterocycles. The SMILES string of the molecule is CC1CC=CC(Nc2cccc(-c3ccccc3)c2)=C1c1cccc(-c2ccc(C3(C)C=C(c4cc5ccccc5cc4-c4ccccc4N)C=C(c4ccccc4)C3)cc2)c1. The monoisotopic (exact) mass is 798 g/mol. The zero-order chi connectivity index (χ0) is 42.0. The Morgan fingerprint density at radius 2 is 1.13 bits per heavy atom. The van der Waals surface area contributed by atoms with Crippen LogP contribution in [0.5, 0.6) is 0 Å². The summed E-state index contributed by atoms with van der Waals surface area (Å²) < 4.78 is 0. The Balaban J connectivity index is 1.01. The molecule has 2 aliphatic carbocycles. The van der Waals surface area contributed by atoms with Gasteiger partial charge in [0.2, 0.25) is 0 Å². The van der Waals surface area contributed by atoms with Crippen LogP contribution >= 0.6 is 0 Å². The second-order valence-corrected chi connectivity index (χ2v) is 17.2. The molecule has 0 amide bonds. The number of allylic oxidation sites excluding steroid dienone is 7. The second-order valence-electron chi connectivity index (χ2n) is 17.2. The summed E-state index contributed by atoms with van der Waals surface area (Å²) in [5, 5.41) is 6.22. The van der Waals surface area contributed by atoms with E-state index < -0.39 is 0 Å². The molecule has 0 aliphatic heterocycles. The van der Waals surface area contributed by atoms with Gasteiger partial charge in [-0.3, -0.25) is 0 Å². The number of fused-ring (bicyclic) bond motifs is 1. The van der Waals surface area contributed by atoms with Crippen LogP contribution in [0.25, 0.3) is 60.9 Å². The van der Waals surface area contributed by atoms with Crippen molar-refractivity contribution in [1.29, 1.82) is 0 Å². The van der Waals surface area contributed by atoms with Gasteiger partial charge in [0.05, 0.1) is 0 Å². The van der Waals surface area contributed by atoms with Crippen molar-refractivity contribution >= 4 is 38.9 Å². The van der Waals surface area contributed by atoms with Gasteiger partial charge in [0, 0.05) is 28.1 Å². The molecule has 8 aromatic rings. The van der Waals surface area contributed by atoms with Crippen molar-refractivity contribution in [2.75, 3.05) is 11.1 Å². The van der Waals surface area contributed by atoms with E-state index in [1.807, 2.05) is 12.1 Å². The molecule has 2 nitrogen and oxygen atoms in total. The minimum atomic E-state index is -0.270. The standard InChI is InChI=1S/C60H50N2/c1-41-16-13-29-58(62-53-26-15-24-46(36-53)42-17-5-3-6-18-42)59(41)49-25-14-23-45(34-49)44-30-32-52(33-31-44)60(2)39-50(43-19-7-4-8-20-43)35-51(40-60)55-37-47-21-9-10-22-48(47)38-56(55)54-27-11-12-28-57(54)61/h3-15,17-38,40-41,62H,16,39,61H2,1-2H3. The maximum Gasteiger partial charge on any atom is 0.0422 e. The molecule has 0 radical (unpaired) electrons. The molecule has 0 saturated heterocycles. The molecule has 0 spiro atoms. The average molecular weight is 799 g/mol. The molecule has 2 atom stereocenters. The fourth-order valence-electron chi connectivity index (χ4n) is 9.58. The van der Waals surface area contributed by atoms with Crippen LogP contribution in [0.3, 0.4) is 0 Å². The fraction of sp³-hybridized carbons (Fsp3) is 0.100. The third kappa shape index (κ3) is 7.72. The molecule has 0 saturated carbocycles. The largest absolute Gasteiger partial charge is 0.398 e. The molecule has 2 unspecified atom stereocenters. The average Bonchev–Trinajstić information content (AvgIpc) is 3.32. The number of nitrogen functional groups attached to an aromatic ring is 1. The predicted octanol–water partition coefficient (Wildman–Crippen LogP) is 15.7. The van der Waals surface area contributed by atoms with Crippen LogP contribution in [0.2, 0.25) is 0 Å². The fourth-order valence-corrected chi connectivity index (χ4v) is 9.58. The summed E-state index contributed by atoms with van der Waals surface area (Å²) in [4.78, 5) is 0. The highest BCUT2D eigenvalue weighted by molar-refractivity contribution is 6.00. The van der Waals surface area contributed by atoms with Gasteiger partial charge in [-0.05, 0) is 139 Å². The number of benzene rings is 8. The minimum Gasteiger partial charge on any atom is -0.398 e. The maximum atomic E-state index is 6.70. The van der Waals surface area contributed by atoms with Gasteiger partial charge in [-0.2, -0.15) is 0 Å². The first kappa shape index (κ1) is 38.8. The van der Waals surface area contributed by atoms with E-state index in [0.29, 0.717) is 5.92 Å². The molecule has 300 valence electrons. The first-order valence-corrected chi connectivity index (χ1v) is 21.8. The van der Waals surface area contributed by atoms with Crippen molar-refractivity contribution in [2.24, 2.45) is 5.92 Å². The van der Waals surface area contributed by atoms with Gasteiger partial charge in [-0.1, -0.05) is 190 Å². The van der Waals surface area contributed by atoms with E-state index in [2.05, 4.69) is 225 Å². The van der Waals surface area contributed by atoms with Gasteiger partial charge in [-0.25, -0.2) is 0 Å². The normalized spacial score (nSPS) is 17.4. The highest BCUT2D eigenvalue weighted by Crippen LogP contribution is 2.47. The molecule has 0 fully saturated rings. The summed E-state index contributed by atoms with van der Waals surface area (Å²) in [5.74, 6) is 0.373. The Morgan fingerprint density at radius 1 is 0.532 bits per heavy atom. The predicted molar refractivity (Wildman–Crippen MR) is 265 cm³/mol. The Morgan fingerprint density at radius 3 is 1.87 bits per heavy atom. The molecule has 8 aromatic carbocycles. The Kier molecular flexibility index (Phi) is 10.4. The van der Waals surface area contributed by atoms with Gasteiger partial charge in [0.1, 0.15) is 0 Å². The summed E-state index contributed by atoms with van der Waals surface area (Å²) >= 11 is 0. The molecule has 0 bridgehead atoms. The molecular formula is C60H50N2. The summed E-state index contributed by atoms with van der Waals surface area (Å²) in [5.41, 5.74) is 25.3. The number of nitrogens with one attached hydrogen (secondary N) is 1. The third-order valence-electron chi connectivity index (χ3n) is 12.8. The smallest absolute Gasteiger partial charge is 0.0422 e. The van der Waals surface area contributed by atoms with E-state index in [0.717, 1.165) is 41.0 Å². The van der Waals surface area contributed by atoms with Crippen LogP contribution in [-0.2, 0) is 5.41 Å². The molecular weight excluding hydrogens is 749 g/mol. The van der Waals surface area contributed by atoms with E-state index in [4.69, 9.17) is 5.73 Å². The van der Waals surface area contributed by atoms with Crippen LogP contribution in [-0.4, -0.2) is 0 Å². The van der Waals surface area contributed by atoms with Crippen LogP contribution in [0.4, 0.5) is 11.4 Å². The molecule has 2 aliphatic rings. The first-order valence-electron chi connectivity index (χ1n) is 21.8. The van der Waals surface area contributed by atoms with E-state index in [1.165, 1.54) is 72.0 Å². The van der Waals surface area contributed by atoms with Crippen LogP contribution in [0.15, 0.2) is 224 Å². The number of hydrogen-bond acceptors (Lipinski definition) is 2. The molecule has 10 rings (SSSR count). The summed E-state index contributed by atoms with van der Waals surface area (Å²) in [6.07, 6.45) is 11.3. The number of nitrogens with two attached hydrogens (primary N) is 1. The van der Waals surface area contributed by atoms with Gasteiger partial charge in [-0.15, -0.1) is 0 Å². The zero-order valence-electron chi connectivity index (χ0n) is 35.4. The van der Waals surface area contributed by atoms with Gasteiger partial charge in [0.15, 0.2) is 0 Å². The molecule has 3 N–H and O–H groups in total. The van der Waals surface area contributed by atoms with Crippen molar-refractivity contribution < 1.29 is 0 Å². The number of hydrogen-bond donors (Lipinski definition) is 2. The van der Waals surface area contributed by atoms with Gasteiger partial charge < -0.3 is 11.1 Å². The van der Waals surface area contributed by atoms with E-state index in [9.17, 15) is 0 Å². The highest BCUT2D eigenvalue weighted by Gasteiger charge is 2.31. The number of para-hydroxylation sites is 1. The number of anilines is 2. The van der Waals surface area contributed by atoms with Crippen molar-refractivity contribution in [1.82, 2.24) is 0 Å². The van der Waals surface area contributed by atoms with Crippen molar-refractivity contribution in [3.8, 4) is 33.4 Å². The van der Waals surface area contributed by atoms with Gasteiger partial charge >= 0.3 is 0 Å². The molecule has 62 heavy (non-hydrogen) atoms. The highest BCUT2D eigenvalue weighted by atomic mass is 14.9. The summed E-state index contributed by atoms with van der Waals surface area (Å²) in [6, 6.07) is 70.1. The lowest BCUT2D eigenvalue weighted by molar-refractivity contribution is 0.611. The zero-order valence-corrected chi connectivity index (χ0v) is 35.4. The van der Waals surface area contributed by atoms with Crippen molar-refractivity contribution in [3.63, 3.8) is 0 Å². The van der Waals surface area contributed by atoms with Crippen LogP contribution in [0, 0.1) is 5.92 Å². The van der Waals surface area contributed by atoms with Crippen molar-refractivity contribution in [2.45, 2.75) is 32.1 Å². The van der Waals surface area contributed by atoms with Crippen LogP contribution < -0.4 is 11.1 Å². The quantitative estimate of drug-likeness (QED) is 0.143. The number of rotatable bonds is 9. The van der Waals surface area contributed by atoms with Gasteiger partial charge in [0.25, 0.3) is 0 Å². The third-order valence-corrected chi connectivity index (χ3v) is 12.8. The Labute approximate surface area is 366 Å². The summed E-state index contributed by atoms with van der Waals surface area (Å²) in [6.45, 7) is 4.73. The molecule has 0 heterocycles. The van der Waals surface area contributed by atoms with Crippen LogP contribution in [0.1, 0.15) is 48.9 Å². The topological polar surface area (TPSA) is 38.0 Å². The summed E-state index contributed by atoms with van der Waals surface area (Å²) in [7, 11) is 0. The first-order chi connectivity index (χ1) is 30.4. The van der Waals surface area contributed by atoms with E-state index in [1.54, 1.807) is 0 Å². The minimum absolute atomic E-state index is 0.270. The lowest BCUT2D eigenvalue weighted by Gasteiger charge is -2.34. The van der Waals surface area contributed by atoms with Crippen molar-refractivity contribution in [3.05, 3.63) is 246 Å². The lowest BCUT2D eigenvalue weighted by atomic mass is 9.70. The lowest BCUT2D eigenvalue weighted by Crippen LogP contribution is -2.22. The second kappa shape index (κ2) is 16.6.